The van der Waals surface area contributed by atoms with E-state index < -0.39 is 11.7 Å². The van der Waals surface area contributed by atoms with Gasteiger partial charge < -0.3 is 19.4 Å². The minimum Gasteiger partial charge on any atom is -0.462 e. The molecule has 2 aromatic carbocycles. The van der Waals surface area contributed by atoms with Gasteiger partial charge in [0.15, 0.2) is 5.83 Å². The molecular formula is C31H36ClFN6O2. The van der Waals surface area contributed by atoms with Crippen molar-refractivity contribution in [3.63, 3.8) is 0 Å². The summed E-state index contributed by atoms with van der Waals surface area (Å²) in [6, 6.07) is 13.2. The van der Waals surface area contributed by atoms with E-state index >= 15 is 0 Å². The highest BCUT2D eigenvalue weighted by Crippen LogP contribution is 2.40. The third-order valence-electron chi connectivity index (χ3n) is 8.80. The number of carbonyl (C=O) groups is 1. The highest BCUT2D eigenvalue weighted by atomic mass is 35.5. The molecule has 1 amide bonds. The fraction of sp³-hybridized carbons (Fsp3) is 0.452. The van der Waals surface area contributed by atoms with E-state index in [2.05, 4.69) is 59.6 Å². The highest BCUT2D eigenvalue weighted by molar-refractivity contribution is 6.35. The van der Waals surface area contributed by atoms with Crippen LogP contribution in [0.2, 0.25) is 5.02 Å². The lowest BCUT2D eigenvalue weighted by Gasteiger charge is -2.39. The molecular weight excluding hydrogens is 543 g/mol. The molecule has 0 bridgehead atoms. The zero-order chi connectivity index (χ0) is 28.7. The molecule has 41 heavy (non-hydrogen) atoms. The molecule has 3 aliphatic heterocycles. The third-order valence-corrected chi connectivity index (χ3v) is 9.11. The predicted octanol–water partition coefficient (Wildman–Crippen LogP) is 4.62. The highest BCUT2D eigenvalue weighted by Gasteiger charge is 2.33. The molecule has 2 unspecified atom stereocenters. The van der Waals surface area contributed by atoms with Gasteiger partial charge in [-0.2, -0.15) is 9.97 Å². The maximum atomic E-state index is 13.5. The number of fused-ring (bicyclic) bond motifs is 2. The number of piperazine rings is 1. The fourth-order valence-electron chi connectivity index (χ4n) is 6.45. The van der Waals surface area contributed by atoms with Gasteiger partial charge in [0.2, 0.25) is 0 Å². The number of likely N-dealkylation sites (N-methyl/N-ethyl adjacent to an activating group) is 2. The van der Waals surface area contributed by atoms with Crippen LogP contribution in [0, 0.1) is 0 Å². The number of hydrogen-bond acceptors (Lipinski definition) is 7. The standard InChI is InChI=1S/C31H36ClFN6O2/c1-20(33)30(40)39-15-13-38(14-16-39)29-24-18-37(3)27(23-10-4-7-21-8-5-11-25(32)28(21)23)17-26(24)34-31(35-29)41-19-22-9-6-12-36(22)2/h4-5,7-8,10-11,22,27H,1,6,9,12-19H2,2-3H3. The Morgan fingerprint density at radius 3 is 2.54 bits per heavy atom. The van der Waals surface area contributed by atoms with Crippen LogP contribution in [0.15, 0.2) is 48.8 Å². The smallest absolute Gasteiger partial charge is 0.318 e. The van der Waals surface area contributed by atoms with Gasteiger partial charge in [-0.05, 0) is 50.5 Å². The number of halogens is 2. The fourth-order valence-corrected chi connectivity index (χ4v) is 6.74. The number of benzene rings is 2. The Hall–Kier alpha value is -3.27. The normalized spacial score (nSPS) is 21.8. The maximum Gasteiger partial charge on any atom is 0.318 e. The van der Waals surface area contributed by atoms with Crippen LogP contribution in [-0.4, -0.2) is 90.0 Å². The van der Waals surface area contributed by atoms with Gasteiger partial charge >= 0.3 is 6.01 Å². The first-order valence-electron chi connectivity index (χ1n) is 14.3. The molecule has 2 atom stereocenters. The van der Waals surface area contributed by atoms with Crippen molar-refractivity contribution < 1.29 is 13.9 Å². The van der Waals surface area contributed by atoms with Crippen LogP contribution >= 0.6 is 11.6 Å². The summed E-state index contributed by atoms with van der Waals surface area (Å²) >= 11 is 6.72. The van der Waals surface area contributed by atoms with Gasteiger partial charge in [-0.15, -0.1) is 0 Å². The maximum absolute atomic E-state index is 13.5. The van der Waals surface area contributed by atoms with Gasteiger partial charge in [0, 0.05) is 67.2 Å². The second-order valence-electron chi connectivity index (χ2n) is 11.3. The minimum atomic E-state index is -0.924. The average Bonchev–Trinajstić information content (AvgIpc) is 3.39. The lowest BCUT2D eigenvalue weighted by molar-refractivity contribution is -0.128. The molecule has 2 fully saturated rings. The number of ether oxygens (including phenoxy) is 1. The summed E-state index contributed by atoms with van der Waals surface area (Å²) in [7, 11) is 4.25. The number of aromatic nitrogens is 2. The Balaban J connectivity index is 1.33. The number of carbonyl (C=O) groups excluding carboxylic acids is 1. The molecule has 6 rings (SSSR count). The molecule has 0 N–H and O–H groups in total. The Labute approximate surface area is 245 Å². The number of likely N-dealkylation sites (tertiary alicyclic amines) is 1. The Morgan fingerprint density at radius 2 is 1.83 bits per heavy atom. The first kappa shape index (κ1) is 27.9. The van der Waals surface area contributed by atoms with Gasteiger partial charge in [-0.25, -0.2) is 4.39 Å². The van der Waals surface area contributed by atoms with Crippen LogP contribution in [0.3, 0.4) is 0 Å². The molecule has 0 aliphatic carbocycles. The summed E-state index contributed by atoms with van der Waals surface area (Å²) in [5.41, 5.74) is 3.21. The van der Waals surface area contributed by atoms with Crippen LogP contribution in [0.1, 0.15) is 35.7 Å². The van der Waals surface area contributed by atoms with Crippen LogP contribution in [0.5, 0.6) is 6.01 Å². The first-order valence-corrected chi connectivity index (χ1v) is 14.7. The van der Waals surface area contributed by atoms with Gasteiger partial charge in [0.1, 0.15) is 12.4 Å². The van der Waals surface area contributed by atoms with E-state index in [0.29, 0.717) is 57.8 Å². The molecule has 3 aliphatic rings. The monoisotopic (exact) mass is 578 g/mol. The zero-order valence-corrected chi connectivity index (χ0v) is 24.4. The van der Waals surface area contributed by atoms with Crippen molar-refractivity contribution in [1.29, 1.82) is 0 Å². The van der Waals surface area contributed by atoms with E-state index in [1.54, 1.807) is 0 Å². The quantitative estimate of drug-likeness (QED) is 0.396. The van der Waals surface area contributed by atoms with Crippen molar-refractivity contribution in [2.75, 3.05) is 58.3 Å². The second-order valence-corrected chi connectivity index (χ2v) is 11.8. The third kappa shape index (κ3) is 5.50. The van der Waals surface area contributed by atoms with Crippen LogP contribution in [-0.2, 0) is 17.8 Å². The first-order chi connectivity index (χ1) is 19.8. The number of anilines is 1. The van der Waals surface area contributed by atoms with Gasteiger partial charge in [-0.1, -0.05) is 48.5 Å². The molecule has 0 radical (unpaired) electrons. The van der Waals surface area contributed by atoms with Gasteiger partial charge in [0.05, 0.1) is 5.69 Å². The van der Waals surface area contributed by atoms with Crippen molar-refractivity contribution in [1.82, 2.24) is 24.7 Å². The lowest BCUT2D eigenvalue weighted by atomic mass is 9.90. The molecule has 0 saturated carbocycles. The molecule has 0 spiro atoms. The summed E-state index contributed by atoms with van der Waals surface area (Å²) in [4.78, 5) is 30.4. The predicted molar refractivity (Wildman–Crippen MR) is 159 cm³/mol. The largest absolute Gasteiger partial charge is 0.462 e. The minimum absolute atomic E-state index is 0.0766. The number of nitrogens with zero attached hydrogens (tertiary/aromatic N) is 6. The Bertz CT molecular complexity index is 1470. The number of amides is 1. The van der Waals surface area contributed by atoms with Crippen molar-refractivity contribution in [3.05, 3.63) is 70.6 Å². The average molecular weight is 579 g/mol. The van der Waals surface area contributed by atoms with Crippen LogP contribution < -0.4 is 9.64 Å². The molecule has 4 heterocycles. The molecule has 8 nitrogen and oxygen atoms in total. The summed E-state index contributed by atoms with van der Waals surface area (Å²) in [6.45, 7) is 7.32. The second kappa shape index (κ2) is 11.5. The molecule has 2 saturated heterocycles. The summed E-state index contributed by atoms with van der Waals surface area (Å²) < 4.78 is 19.8. The number of rotatable bonds is 6. The van der Waals surface area contributed by atoms with Crippen molar-refractivity contribution in [2.45, 2.75) is 37.9 Å². The van der Waals surface area contributed by atoms with E-state index in [4.69, 9.17) is 26.3 Å². The molecule has 3 aromatic rings. The van der Waals surface area contributed by atoms with E-state index in [0.717, 1.165) is 52.3 Å². The van der Waals surface area contributed by atoms with Crippen molar-refractivity contribution in [3.8, 4) is 6.01 Å². The Kier molecular flexibility index (Phi) is 7.85. The number of hydrogen-bond donors (Lipinski definition) is 0. The van der Waals surface area contributed by atoms with Gasteiger partial charge in [-0.3, -0.25) is 9.69 Å². The van der Waals surface area contributed by atoms with Crippen LogP contribution in [0.4, 0.5) is 10.2 Å². The summed E-state index contributed by atoms with van der Waals surface area (Å²) in [5.74, 6) is -0.737. The Morgan fingerprint density at radius 1 is 1.07 bits per heavy atom. The SMILES string of the molecule is C=C(F)C(=O)N1CCN(c2nc(OCC3CCCN3C)nc3c2CN(C)C(c2cccc4cccc(Cl)c24)C3)CC1. The van der Waals surface area contributed by atoms with Crippen molar-refractivity contribution >= 4 is 34.1 Å². The summed E-state index contributed by atoms with van der Waals surface area (Å²) in [6.07, 6.45) is 2.95. The molecule has 10 heteroatoms. The molecule has 216 valence electrons. The van der Waals surface area contributed by atoms with E-state index in [9.17, 15) is 9.18 Å². The zero-order valence-electron chi connectivity index (χ0n) is 23.7. The van der Waals surface area contributed by atoms with Crippen LogP contribution in [0.25, 0.3) is 10.8 Å². The molecule has 1 aromatic heterocycles. The van der Waals surface area contributed by atoms with E-state index in [1.807, 2.05) is 12.1 Å². The topological polar surface area (TPSA) is 65.0 Å². The lowest BCUT2D eigenvalue weighted by Crippen LogP contribution is -2.49. The van der Waals surface area contributed by atoms with Gasteiger partial charge in [0.25, 0.3) is 5.91 Å². The summed E-state index contributed by atoms with van der Waals surface area (Å²) in [5, 5.41) is 2.93. The van der Waals surface area contributed by atoms with E-state index in [1.165, 1.54) is 10.5 Å². The van der Waals surface area contributed by atoms with Crippen molar-refractivity contribution in [2.24, 2.45) is 0 Å². The van der Waals surface area contributed by atoms with E-state index in [-0.39, 0.29) is 6.04 Å².